The summed E-state index contributed by atoms with van der Waals surface area (Å²) in [6.45, 7) is 17.6. The number of carbonyl (C=O) groups excluding carboxylic acids is 3. The van der Waals surface area contributed by atoms with Crippen molar-refractivity contribution in [3.8, 4) is 11.3 Å². The Morgan fingerprint density at radius 2 is 1.75 bits per heavy atom. The van der Waals surface area contributed by atoms with Gasteiger partial charge in [0.05, 0.1) is 23.7 Å². The van der Waals surface area contributed by atoms with Crippen molar-refractivity contribution in [1.29, 1.82) is 0 Å². The van der Waals surface area contributed by atoms with Crippen LogP contribution in [0.15, 0.2) is 36.0 Å². The summed E-state index contributed by atoms with van der Waals surface area (Å²) >= 11 is 1.59. The molecule has 4 atom stereocenters. The second-order valence-corrected chi connectivity index (χ2v) is 22.9. The topological polar surface area (TPSA) is 137 Å². The normalized spacial score (nSPS) is 23.8. The Balaban J connectivity index is 1.34. The van der Waals surface area contributed by atoms with E-state index in [9.17, 15) is 27.6 Å². The van der Waals surface area contributed by atoms with Gasteiger partial charge in [-0.05, 0) is 20.0 Å². The number of aliphatic imine (C=N–C) groups is 1. The van der Waals surface area contributed by atoms with E-state index in [1.807, 2.05) is 47.9 Å². The van der Waals surface area contributed by atoms with Crippen molar-refractivity contribution in [1.82, 2.24) is 35.1 Å². The quantitative estimate of drug-likeness (QED) is 0.144. The van der Waals surface area contributed by atoms with Gasteiger partial charge in [0.15, 0.2) is 0 Å². The summed E-state index contributed by atoms with van der Waals surface area (Å²) in [4.78, 5) is 58.2. The van der Waals surface area contributed by atoms with Crippen molar-refractivity contribution in [2.75, 3.05) is 65.4 Å². The minimum atomic E-state index is -4.72. The van der Waals surface area contributed by atoms with Crippen molar-refractivity contribution < 1.29 is 59.6 Å². The molecular formula is C53H73F4N9O5Os. The van der Waals surface area contributed by atoms with Gasteiger partial charge >= 0.3 is 312 Å². The van der Waals surface area contributed by atoms with Crippen LogP contribution in [0.3, 0.4) is 0 Å². The van der Waals surface area contributed by atoms with E-state index < -0.39 is 48.1 Å². The number of methoxy groups -OCH3 is 1. The Hall–Kier alpha value is -4.40. The third kappa shape index (κ3) is 12.7. The maximum atomic E-state index is 16.8. The van der Waals surface area contributed by atoms with Crippen LogP contribution in [0.1, 0.15) is 109 Å². The minimum absolute atomic E-state index is 0.00245. The predicted molar refractivity (Wildman–Crippen MR) is 269 cm³/mol. The third-order valence-corrected chi connectivity index (χ3v) is 16.0. The summed E-state index contributed by atoms with van der Waals surface area (Å²) in [5.41, 5.74) is 4.44. The number of alkyl halides is 3. The Labute approximate surface area is 431 Å². The fourth-order valence-electron chi connectivity index (χ4n) is 10.7. The van der Waals surface area contributed by atoms with Crippen LogP contribution in [0.4, 0.5) is 23.2 Å². The Bertz CT molecular complexity index is 2530. The average Bonchev–Trinajstić information content (AvgIpc) is 3.60. The zero-order valence-corrected chi connectivity index (χ0v) is 45.8. The number of nitrogens with zero attached hydrogens (tertiary/aromatic N) is 7. The first-order valence-corrected chi connectivity index (χ1v) is 26.6. The number of rotatable bonds is 11. The second kappa shape index (κ2) is 23.0. The van der Waals surface area contributed by atoms with E-state index >= 15 is 4.39 Å². The van der Waals surface area contributed by atoms with Crippen LogP contribution in [0.2, 0.25) is 0 Å². The molecule has 4 aliphatic rings. The van der Waals surface area contributed by atoms with E-state index in [2.05, 4.69) is 39.0 Å². The number of piperazine rings is 1. The number of halogens is 4. The molecular weight excluding hydrogens is 1110 g/mol. The number of ether oxygens (including phenoxy) is 2. The molecule has 5 heterocycles. The Kier molecular flexibility index (Phi) is 17.7. The molecule has 3 fully saturated rings. The van der Waals surface area contributed by atoms with Crippen molar-refractivity contribution >= 4 is 50.5 Å². The SMILES string of the molecule is C=C1N=CC[C@H](N[C](=[Os])[C@H](C(C)C)N(C)C(=O)C2CCC(C)CC2)C(=O)N2CCC[C@H](N2)C(=O)OCC(C)(C)Cc2c(-c3cc(N4CCN(C)CC4)cnc3[C@H](C)OC)n(CC(F)(F)F)c3cc(F)c1cc23. The number of carbonyl (C=O) groups is 3. The van der Waals surface area contributed by atoms with Crippen LogP contribution >= 0.6 is 0 Å². The van der Waals surface area contributed by atoms with Gasteiger partial charge in [-0.25, -0.2) is 0 Å². The molecule has 4 bridgehead atoms. The van der Waals surface area contributed by atoms with Crippen LogP contribution in [-0.2, 0) is 55.0 Å². The second-order valence-electron chi connectivity index (χ2n) is 21.6. The molecule has 1 aliphatic carbocycles. The first-order valence-electron chi connectivity index (χ1n) is 25.3. The number of benzene rings is 1. The van der Waals surface area contributed by atoms with Crippen LogP contribution in [-0.4, -0.2) is 137 Å². The molecule has 1 saturated carbocycles. The molecule has 2 saturated heterocycles. The summed E-state index contributed by atoms with van der Waals surface area (Å²) in [7, 11) is 5.37. The Morgan fingerprint density at radius 3 is 2.40 bits per heavy atom. The van der Waals surface area contributed by atoms with Gasteiger partial charge in [0.1, 0.15) is 6.54 Å². The van der Waals surface area contributed by atoms with E-state index in [0.29, 0.717) is 60.6 Å². The summed E-state index contributed by atoms with van der Waals surface area (Å²) < 4.78 is 75.4. The molecule has 72 heavy (non-hydrogen) atoms. The molecule has 19 heteroatoms. The van der Waals surface area contributed by atoms with E-state index in [4.69, 9.17) is 14.5 Å². The van der Waals surface area contributed by atoms with Crippen LogP contribution in [0.25, 0.3) is 27.9 Å². The molecule has 14 nitrogen and oxygen atoms in total. The molecule has 7 rings (SSSR count). The van der Waals surface area contributed by atoms with Gasteiger partial charge in [-0.2, -0.15) is 13.2 Å². The van der Waals surface area contributed by atoms with Crippen molar-refractivity contribution in [2.45, 2.75) is 130 Å². The average molecular weight is 1180 g/mol. The van der Waals surface area contributed by atoms with Gasteiger partial charge in [-0.15, -0.1) is 0 Å². The summed E-state index contributed by atoms with van der Waals surface area (Å²) in [5, 5.41) is 5.23. The van der Waals surface area contributed by atoms with Gasteiger partial charge in [-0.1, -0.05) is 0 Å². The number of esters is 1. The molecule has 0 unspecified atom stereocenters. The summed E-state index contributed by atoms with van der Waals surface area (Å²) in [6, 6.07) is 2.32. The molecule has 3 aliphatic heterocycles. The monoisotopic (exact) mass is 1180 g/mol. The first kappa shape index (κ1) is 55.3. The molecule has 2 amide bonds. The van der Waals surface area contributed by atoms with E-state index in [1.165, 1.54) is 24.4 Å². The number of amides is 2. The van der Waals surface area contributed by atoms with E-state index in [1.54, 1.807) is 36.2 Å². The molecule has 2 N–H and O–H groups in total. The number of hydrazine groups is 1. The first-order chi connectivity index (χ1) is 34.0. The van der Waals surface area contributed by atoms with Gasteiger partial charge in [-0.3, -0.25) is 4.98 Å². The molecule has 2 aromatic heterocycles. The fraction of sp³-hybridized carbons (Fsp3) is 0.623. The summed E-state index contributed by atoms with van der Waals surface area (Å²) in [6.07, 6.45) is 2.52. The molecule has 3 aromatic rings. The van der Waals surface area contributed by atoms with E-state index in [0.717, 1.165) is 59.3 Å². The van der Waals surface area contributed by atoms with Crippen LogP contribution in [0, 0.1) is 29.0 Å². The number of anilines is 1. The van der Waals surface area contributed by atoms with Crippen molar-refractivity contribution in [3.63, 3.8) is 0 Å². The zero-order valence-electron chi connectivity index (χ0n) is 43.3. The van der Waals surface area contributed by atoms with Crippen LogP contribution in [0.5, 0.6) is 0 Å². The zero-order chi connectivity index (χ0) is 52.4. The maximum absolute atomic E-state index is 16.8. The number of nitrogens with one attached hydrogen (secondary N) is 2. The number of cyclic esters (lactones) is 1. The standard InChI is InChI=1S/C53H73F4N9O5.Os/c1-32(2)46(63(9)49(67)36-15-13-33(3)14-16-36)29-59-43-17-18-58-34(4)38-25-39-41(27-52(6,7)31-71-51(69)44-12-11-19-66(61-44)50(43)68)48(65(30-53(55,56)57)45(39)26-42(38)54)40-24-37(28-60-47(40)35(5)70-10)64-22-20-62(8)21-23-64;/h18,24-26,28,32-33,35-36,43-44,46,59,61H,4,11-17,19-23,27,30-31H2,1-3,5-10H3;/t33?,35-,36?,43-,44-,46+;/m0./s1. The van der Waals surface area contributed by atoms with Crippen molar-refractivity contribution in [2.24, 2.45) is 28.2 Å². The summed E-state index contributed by atoms with van der Waals surface area (Å²) in [5.74, 6) is -1.19. The van der Waals surface area contributed by atoms with Gasteiger partial charge in [0.2, 0.25) is 0 Å². The number of pyridine rings is 1. The van der Waals surface area contributed by atoms with Gasteiger partial charge in [0.25, 0.3) is 0 Å². The number of hydrogen-bond acceptors (Lipinski definition) is 11. The molecule has 396 valence electrons. The number of fused-ring (bicyclic) bond motifs is 3. The predicted octanol–water partition coefficient (Wildman–Crippen LogP) is 7.86. The van der Waals surface area contributed by atoms with Gasteiger partial charge in [0, 0.05) is 38.9 Å². The molecule has 1 aromatic carbocycles. The Morgan fingerprint density at radius 1 is 1.06 bits per heavy atom. The van der Waals surface area contributed by atoms with Crippen molar-refractivity contribution in [3.05, 3.63) is 53.6 Å². The number of aromatic nitrogens is 2. The number of likely N-dealkylation sites (N-methyl/N-ethyl adjacent to an activating group) is 2. The van der Waals surface area contributed by atoms with Gasteiger partial charge < -0.3 is 14.5 Å². The van der Waals surface area contributed by atoms with Crippen LogP contribution < -0.4 is 15.6 Å². The number of hydrogen-bond donors (Lipinski definition) is 2. The molecule has 0 spiro atoms. The third-order valence-electron chi connectivity index (χ3n) is 14.9. The fourth-order valence-corrected chi connectivity index (χ4v) is 12.4. The van der Waals surface area contributed by atoms with E-state index in [-0.39, 0.29) is 71.6 Å². The molecule has 0 radical (unpaired) electrons.